The summed E-state index contributed by atoms with van der Waals surface area (Å²) in [5.41, 5.74) is 3.69. The maximum absolute atomic E-state index is 14.6. The van der Waals surface area contributed by atoms with E-state index in [9.17, 15) is 4.39 Å². The number of aromatic nitrogens is 2. The van der Waals surface area contributed by atoms with Gasteiger partial charge in [-0.15, -0.1) is 11.8 Å². The highest BCUT2D eigenvalue weighted by Gasteiger charge is 2.17. The van der Waals surface area contributed by atoms with Crippen molar-refractivity contribution >= 4 is 33.6 Å². The van der Waals surface area contributed by atoms with Crippen molar-refractivity contribution in [2.45, 2.75) is 24.8 Å². The van der Waals surface area contributed by atoms with Gasteiger partial charge in [0.15, 0.2) is 0 Å². The zero-order valence-corrected chi connectivity index (χ0v) is 18.2. The van der Waals surface area contributed by atoms with Crippen LogP contribution in [0.1, 0.15) is 18.9 Å². The van der Waals surface area contributed by atoms with Crippen molar-refractivity contribution in [2.75, 3.05) is 5.75 Å². The predicted octanol–water partition coefficient (Wildman–Crippen LogP) is 7.55. The van der Waals surface area contributed by atoms with Crippen LogP contribution in [0.25, 0.3) is 33.2 Å². The predicted molar refractivity (Wildman–Crippen MR) is 129 cm³/mol. The van der Waals surface area contributed by atoms with E-state index in [-0.39, 0.29) is 5.82 Å². The molecular weight excluding hydrogens is 403 g/mol. The van der Waals surface area contributed by atoms with Crippen LogP contribution >= 0.6 is 11.8 Å². The first kappa shape index (κ1) is 19.8. The third-order valence-electron chi connectivity index (χ3n) is 5.51. The molecule has 0 aliphatic carbocycles. The molecule has 0 amide bonds. The number of hydrogen-bond donors (Lipinski definition) is 0. The molecule has 4 aromatic carbocycles. The largest absolute Gasteiger partial charge is 0.319 e. The normalized spacial score (nSPS) is 11.4. The molecule has 31 heavy (non-hydrogen) atoms. The number of halogens is 1. The number of benzene rings is 4. The summed E-state index contributed by atoms with van der Waals surface area (Å²) < 4.78 is 16.7. The summed E-state index contributed by atoms with van der Waals surface area (Å²) in [6, 6.07) is 28.0. The highest BCUT2D eigenvalue weighted by atomic mass is 32.2. The summed E-state index contributed by atoms with van der Waals surface area (Å²) in [4.78, 5) is 6.23. The van der Waals surface area contributed by atoms with E-state index in [1.54, 1.807) is 6.07 Å². The molecule has 1 aromatic heterocycles. The summed E-state index contributed by atoms with van der Waals surface area (Å²) in [7, 11) is 0. The van der Waals surface area contributed by atoms with Crippen molar-refractivity contribution in [1.82, 2.24) is 9.55 Å². The van der Waals surface area contributed by atoms with Gasteiger partial charge in [0.1, 0.15) is 11.6 Å². The van der Waals surface area contributed by atoms with Gasteiger partial charge in [0.05, 0.1) is 17.6 Å². The van der Waals surface area contributed by atoms with Gasteiger partial charge in [-0.2, -0.15) is 0 Å². The molecule has 0 radical (unpaired) electrons. The third-order valence-corrected chi connectivity index (χ3v) is 6.71. The maximum atomic E-state index is 14.6. The summed E-state index contributed by atoms with van der Waals surface area (Å²) in [5.74, 6) is 1.75. The minimum atomic E-state index is -0.190. The van der Waals surface area contributed by atoms with E-state index in [4.69, 9.17) is 4.98 Å². The van der Waals surface area contributed by atoms with Crippen LogP contribution in [0.5, 0.6) is 0 Å². The van der Waals surface area contributed by atoms with Crippen LogP contribution < -0.4 is 0 Å². The molecule has 4 heteroatoms. The van der Waals surface area contributed by atoms with Gasteiger partial charge in [-0.1, -0.05) is 67.6 Å². The molecule has 0 bridgehead atoms. The van der Waals surface area contributed by atoms with Crippen LogP contribution in [0.4, 0.5) is 4.39 Å². The molecule has 0 saturated carbocycles. The molecule has 5 rings (SSSR count). The SMILES string of the molecule is CCCSc1ccc2nc(-c3cccc4ccccc34)n(Cc3ccccc3F)c2c1. The minimum Gasteiger partial charge on any atom is -0.319 e. The minimum absolute atomic E-state index is 0.190. The number of nitrogens with zero attached hydrogens (tertiary/aromatic N) is 2. The fourth-order valence-corrected chi connectivity index (χ4v) is 4.79. The first-order valence-corrected chi connectivity index (χ1v) is 11.6. The van der Waals surface area contributed by atoms with Gasteiger partial charge in [0.25, 0.3) is 0 Å². The Hall–Kier alpha value is -3.11. The van der Waals surface area contributed by atoms with Crippen molar-refractivity contribution in [2.24, 2.45) is 0 Å². The van der Waals surface area contributed by atoms with Crippen molar-refractivity contribution in [3.05, 3.63) is 96.3 Å². The molecule has 1 heterocycles. The van der Waals surface area contributed by atoms with E-state index in [1.807, 2.05) is 30.0 Å². The lowest BCUT2D eigenvalue weighted by Gasteiger charge is -2.12. The second kappa shape index (κ2) is 8.56. The van der Waals surface area contributed by atoms with E-state index in [0.717, 1.165) is 40.0 Å². The molecule has 0 aliphatic rings. The van der Waals surface area contributed by atoms with Crippen LogP contribution in [0, 0.1) is 5.82 Å². The van der Waals surface area contributed by atoms with E-state index >= 15 is 0 Å². The Morgan fingerprint density at radius 1 is 0.903 bits per heavy atom. The summed E-state index contributed by atoms with van der Waals surface area (Å²) in [6.07, 6.45) is 1.12. The Morgan fingerprint density at radius 3 is 2.58 bits per heavy atom. The zero-order valence-electron chi connectivity index (χ0n) is 17.4. The van der Waals surface area contributed by atoms with E-state index in [1.165, 1.54) is 16.3 Å². The molecule has 0 saturated heterocycles. The van der Waals surface area contributed by atoms with Gasteiger partial charge in [-0.25, -0.2) is 9.37 Å². The first-order chi connectivity index (χ1) is 15.2. The van der Waals surface area contributed by atoms with Gasteiger partial charge in [0, 0.05) is 16.0 Å². The molecule has 0 fully saturated rings. The van der Waals surface area contributed by atoms with Crippen LogP contribution in [0.15, 0.2) is 89.8 Å². The Balaban J connectivity index is 1.74. The monoisotopic (exact) mass is 426 g/mol. The van der Waals surface area contributed by atoms with Crippen LogP contribution in [-0.4, -0.2) is 15.3 Å². The van der Waals surface area contributed by atoms with Gasteiger partial charge in [-0.3, -0.25) is 0 Å². The molecule has 0 atom stereocenters. The number of hydrogen-bond acceptors (Lipinski definition) is 2. The van der Waals surface area contributed by atoms with Crippen molar-refractivity contribution < 1.29 is 4.39 Å². The quantitative estimate of drug-likeness (QED) is 0.261. The van der Waals surface area contributed by atoms with Gasteiger partial charge < -0.3 is 4.57 Å². The molecule has 0 spiro atoms. The molecule has 2 nitrogen and oxygen atoms in total. The smallest absolute Gasteiger partial charge is 0.142 e. The summed E-state index contributed by atoms with van der Waals surface area (Å²) in [5, 5.41) is 2.32. The van der Waals surface area contributed by atoms with E-state index in [0.29, 0.717) is 12.1 Å². The summed E-state index contributed by atoms with van der Waals surface area (Å²) in [6.45, 7) is 2.62. The Morgan fingerprint density at radius 2 is 1.71 bits per heavy atom. The molecule has 0 unspecified atom stereocenters. The first-order valence-electron chi connectivity index (χ1n) is 10.6. The standard InChI is InChI=1S/C27H23FN2S/c1-2-16-31-21-14-15-25-26(17-21)30(18-20-9-4-6-13-24(20)28)27(29-25)23-12-7-10-19-8-3-5-11-22(19)23/h3-15,17H,2,16,18H2,1H3. The lowest BCUT2D eigenvalue weighted by atomic mass is 10.0. The van der Waals surface area contributed by atoms with E-state index < -0.39 is 0 Å². The topological polar surface area (TPSA) is 17.8 Å². The number of fused-ring (bicyclic) bond motifs is 2. The van der Waals surface area contributed by atoms with Gasteiger partial charge in [-0.05, 0) is 47.2 Å². The second-order valence-electron chi connectivity index (χ2n) is 7.64. The van der Waals surface area contributed by atoms with E-state index in [2.05, 4.69) is 66.1 Å². The molecule has 0 N–H and O–H groups in total. The fourth-order valence-electron chi connectivity index (χ4n) is 4.00. The molecule has 0 aliphatic heterocycles. The number of imidazole rings is 1. The average molecular weight is 427 g/mol. The average Bonchev–Trinajstić information content (AvgIpc) is 3.16. The van der Waals surface area contributed by atoms with Crippen LogP contribution in [0.3, 0.4) is 0 Å². The van der Waals surface area contributed by atoms with Crippen molar-refractivity contribution in [1.29, 1.82) is 0 Å². The number of thioether (sulfide) groups is 1. The van der Waals surface area contributed by atoms with Crippen LogP contribution in [0.2, 0.25) is 0 Å². The molecule has 5 aromatic rings. The summed E-state index contributed by atoms with van der Waals surface area (Å²) >= 11 is 1.85. The van der Waals surface area contributed by atoms with Crippen LogP contribution in [-0.2, 0) is 6.54 Å². The Labute approximate surface area is 185 Å². The highest BCUT2D eigenvalue weighted by molar-refractivity contribution is 7.99. The lowest BCUT2D eigenvalue weighted by molar-refractivity contribution is 0.602. The fraction of sp³-hybridized carbons (Fsp3) is 0.148. The Kier molecular flexibility index (Phi) is 5.47. The van der Waals surface area contributed by atoms with Crippen molar-refractivity contribution in [3.63, 3.8) is 0 Å². The number of rotatable bonds is 6. The van der Waals surface area contributed by atoms with Gasteiger partial charge >= 0.3 is 0 Å². The maximum Gasteiger partial charge on any atom is 0.142 e. The van der Waals surface area contributed by atoms with Crippen molar-refractivity contribution in [3.8, 4) is 11.4 Å². The molecule has 154 valence electrons. The lowest BCUT2D eigenvalue weighted by Crippen LogP contribution is -2.04. The zero-order chi connectivity index (χ0) is 21.2. The molecular formula is C27H23FN2S. The Bertz CT molecular complexity index is 1370. The highest BCUT2D eigenvalue weighted by Crippen LogP contribution is 2.33. The van der Waals surface area contributed by atoms with Gasteiger partial charge in [0.2, 0.25) is 0 Å². The third kappa shape index (κ3) is 3.84. The second-order valence-corrected chi connectivity index (χ2v) is 8.81.